The van der Waals surface area contributed by atoms with Crippen molar-refractivity contribution in [2.45, 2.75) is 62.8 Å². The van der Waals surface area contributed by atoms with Crippen molar-refractivity contribution in [1.82, 2.24) is 4.90 Å². The smallest absolute Gasteiger partial charge is 0.416 e. The SMILES string of the molecule is C=C1C[C@H]2C(O)N(C(=O)OCC(C)(C)SSC(C)(C)C)c3cc(OC)c(OC)cc3C(=O)N2C1. The highest BCUT2D eigenvalue weighted by atomic mass is 33.1. The fraction of sp³-hybridized carbons (Fsp3) is 0.583. The van der Waals surface area contributed by atoms with Gasteiger partial charge in [0.1, 0.15) is 6.61 Å². The summed E-state index contributed by atoms with van der Waals surface area (Å²) in [5, 5.41) is 11.3. The highest BCUT2D eigenvalue weighted by Crippen LogP contribution is 2.44. The molecule has 0 bridgehead atoms. The molecule has 0 radical (unpaired) electrons. The minimum atomic E-state index is -1.31. The van der Waals surface area contributed by atoms with Gasteiger partial charge in [-0.2, -0.15) is 0 Å². The van der Waals surface area contributed by atoms with Crippen LogP contribution in [-0.2, 0) is 4.74 Å². The third-order valence-electron chi connectivity index (χ3n) is 5.41. The Morgan fingerprint density at radius 2 is 1.76 bits per heavy atom. The van der Waals surface area contributed by atoms with E-state index in [-0.39, 0.29) is 33.3 Å². The lowest BCUT2D eigenvalue weighted by atomic mass is 10.1. The first-order valence-electron chi connectivity index (χ1n) is 11.0. The van der Waals surface area contributed by atoms with Crippen LogP contribution in [0.25, 0.3) is 0 Å². The van der Waals surface area contributed by atoms with Gasteiger partial charge in [-0.05, 0) is 26.3 Å². The Hall–Kier alpha value is -2.04. The van der Waals surface area contributed by atoms with E-state index in [1.807, 2.05) is 13.8 Å². The molecule has 1 fully saturated rings. The van der Waals surface area contributed by atoms with Gasteiger partial charge < -0.3 is 24.2 Å². The molecule has 2 heterocycles. The van der Waals surface area contributed by atoms with E-state index in [9.17, 15) is 14.7 Å². The zero-order valence-electron chi connectivity index (χ0n) is 20.8. The summed E-state index contributed by atoms with van der Waals surface area (Å²) in [5.74, 6) is 0.375. The van der Waals surface area contributed by atoms with Crippen molar-refractivity contribution < 1.29 is 28.9 Å². The molecule has 1 aromatic rings. The molecule has 0 aromatic heterocycles. The molecule has 34 heavy (non-hydrogen) atoms. The largest absolute Gasteiger partial charge is 0.493 e. The van der Waals surface area contributed by atoms with E-state index in [0.717, 1.165) is 10.5 Å². The van der Waals surface area contributed by atoms with Crippen LogP contribution in [0.4, 0.5) is 10.5 Å². The number of carbonyl (C=O) groups excluding carboxylic acids is 2. The molecule has 10 heteroatoms. The van der Waals surface area contributed by atoms with Crippen molar-refractivity contribution in [3.8, 4) is 11.5 Å². The van der Waals surface area contributed by atoms with Gasteiger partial charge in [0.05, 0.1) is 36.3 Å². The molecule has 1 unspecified atom stereocenters. The van der Waals surface area contributed by atoms with Crippen LogP contribution >= 0.6 is 21.6 Å². The van der Waals surface area contributed by atoms with Crippen LogP contribution in [-0.4, -0.2) is 71.1 Å². The maximum Gasteiger partial charge on any atom is 0.416 e. The van der Waals surface area contributed by atoms with Gasteiger partial charge in [-0.15, -0.1) is 0 Å². The van der Waals surface area contributed by atoms with Gasteiger partial charge in [0.25, 0.3) is 5.91 Å². The molecule has 0 aliphatic carbocycles. The molecule has 2 aliphatic rings. The summed E-state index contributed by atoms with van der Waals surface area (Å²) in [4.78, 5) is 29.5. The van der Waals surface area contributed by atoms with Gasteiger partial charge >= 0.3 is 6.09 Å². The number of rotatable bonds is 6. The number of nitrogens with zero attached hydrogens (tertiary/aromatic N) is 2. The van der Waals surface area contributed by atoms with E-state index in [1.54, 1.807) is 26.5 Å². The number of hydrogen-bond acceptors (Lipinski definition) is 8. The Labute approximate surface area is 209 Å². The van der Waals surface area contributed by atoms with E-state index in [0.29, 0.717) is 24.5 Å². The van der Waals surface area contributed by atoms with Crippen LogP contribution in [0.15, 0.2) is 24.3 Å². The van der Waals surface area contributed by atoms with Crippen LogP contribution < -0.4 is 14.4 Å². The van der Waals surface area contributed by atoms with Gasteiger partial charge in [0.15, 0.2) is 17.7 Å². The lowest BCUT2D eigenvalue weighted by Crippen LogP contribution is -2.51. The summed E-state index contributed by atoms with van der Waals surface area (Å²) in [6.45, 7) is 14.8. The van der Waals surface area contributed by atoms with Gasteiger partial charge in [-0.3, -0.25) is 4.79 Å². The van der Waals surface area contributed by atoms with Gasteiger partial charge in [-0.25, -0.2) is 9.69 Å². The zero-order valence-corrected chi connectivity index (χ0v) is 22.5. The minimum absolute atomic E-state index is 0.0518. The second kappa shape index (κ2) is 9.91. The fourth-order valence-electron chi connectivity index (χ4n) is 3.80. The Kier molecular flexibility index (Phi) is 7.74. The molecule has 8 nitrogen and oxygen atoms in total. The first-order chi connectivity index (χ1) is 15.8. The van der Waals surface area contributed by atoms with Crippen LogP contribution in [0.1, 0.15) is 51.4 Å². The van der Waals surface area contributed by atoms with E-state index in [4.69, 9.17) is 14.2 Å². The van der Waals surface area contributed by atoms with Gasteiger partial charge in [-0.1, -0.05) is 54.5 Å². The summed E-state index contributed by atoms with van der Waals surface area (Å²) in [6.07, 6.45) is -1.65. The molecular weight excluding hydrogens is 476 g/mol. The lowest BCUT2D eigenvalue weighted by molar-refractivity contribution is 0.0486. The first-order valence-corrected chi connectivity index (χ1v) is 13.2. The highest BCUT2D eigenvalue weighted by Gasteiger charge is 2.46. The van der Waals surface area contributed by atoms with E-state index < -0.39 is 18.4 Å². The second-order valence-corrected chi connectivity index (χ2v) is 13.7. The topological polar surface area (TPSA) is 88.5 Å². The highest BCUT2D eigenvalue weighted by molar-refractivity contribution is 8.77. The van der Waals surface area contributed by atoms with Crippen LogP contribution in [0, 0.1) is 0 Å². The van der Waals surface area contributed by atoms with Crippen molar-refractivity contribution >= 4 is 39.3 Å². The molecule has 2 amide bonds. The van der Waals surface area contributed by atoms with Crippen molar-refractivity contribution in [1.29, 1.82) is 0 Å². The molecule has 1 aromatic carbocycles. The number of carbonyl (C=O) groups is 2. The second-order valence-electron chi connectivity index (χ2n) is 10.1. The predicted molar refractivity (Wildman–Crippen MR) is 137 cm³/mol. The van der Waals surface area contributed by atoms with Crippen LogP contribution in [0.3, 0.4) is 0 Å². The average molecular weight is 511 g/mol. The Morgan fingerprint density at radius 1 is 1.15 bits per heavy atom. The molecule has 188 valence electrons. The number of amides is 2. The number of hydrogen-bond donors (Lipinski definition) is 1. The fourth-order valence-corrected chi connectivity index (χ4v) is 5.95. The number of aliphatic hydroxyl groups is 1. The average Bonchev–Trinajstić information content (AvgIpc) is 3.14. The molecule has 3 rings (SSSR count). The number of anilines is 1. The monoisotopic (exact) mass is 510 g/mol. The van der Waals surface area contributed by atoms with Crippen molar-refractivity contribution in [2.24, 2.45) is 0 Å². The standard InChI is InChI=1S/C24H34N2O6S2/c1-14-9-17-21(28)26(22(29)32-13-24(5,6)34-33-23(2,3)4)16-11-19(31-8)18(30-7)10-15(16)20(27)25(17)12-14/h10-11,17,21,28H,1,9,12-13H2,2-8H3/t17-,21?/m0/s1. The normalized spacial score (nSPS) is 20.6. The van der Waals surface area contributed by atoms with Gasteiger partial charge in [0, 0.05) is 17.4 Å². The summed E-state index contributed by atoms with van der Waals surface area (Å²) in [6, 6.07) is 2.44. The summed E-state index contributed by atoms with van der Waals surface area (Å²) in [5.41, 5.74) is 1.25. The maximum absolute atomic E-state index is 13.4. The number of benzene rings is 1. The lowest BCUT2D eigenvalue weighted by Gasteiger charge is -2.33. The maximum atomic E-state index is 13.4. The molecular formula is C24H34N2O6S2. The van der Waals surface area contributed by atoms with Crippen LogP contribution in [0.2, 0.25) is 0 Å². The number of fused-ring (bicyclic) bond motifs is 2. The molecule has 2 aliphatic heterocycles. The zero-order chi connectivity index (χ0) is 25.4. The predicted octanol–water partition coefficient (Wildman–Crippen LogP) is 4.71. The quantitative estimate of drug-likeness (QED) is 0.435. The third kappa shape index (κ3) is 5.60. The van der Waals surface area contributed by atoms with E-state index in [2.05, 4.69) is 27.4 Å². The third-order valence-corrected chi connectivity index (χ3v) is 9.67. The molecule has 1 N–H and O–H groups in total. The Bertz CT molecular complexity index is 975. The van der Waals surface area contributed by atoms with Crippen LogP contribution in [0.5, 0.6) is 11.5 Å². The summed E-state index contributed by atoms with van der Waals surface area (Å²) >= 11 is 0. The first kappa shape index (κ1) is 26.6. The molecule has 1 saturated heterocycles. The molecule has 2 atom stereocenters. The summed E-state index contributed by atoms with van der Waals surface area (Å²) in [7, 11) is 6.30. The summed E-state index contributed by atoms with van der Waals surface area (Å²) < 4.78 is 16.2. The Morgan fingerprint density at radius 3 is 2.35 bits per heavy atom. The molecule has 0 spiro atoms. The van der Waals surface area contributed by atoms with Gasteiger partial charge in [0.2, 0.25) is 0 Å². The molecule has 0 saturated carbocycles. The minimum Gasteiger partial charge on any atom is -0.493 e. The van der Waals surface area contributed by atoms with Crippen molar-refractivity contribution in [2.75, 3.05) is 32.3 Å². The van der Waals surface area contributed by atoms with Crippen molar-refractivity contribution in [3.05, 3.63) is 29.8 Å². The number of methoxy groups -OCH3 is 2. The van der Waals surface area contributed by atoms with E-state index >= 15 is 0 Å². The number of ether oxygens (including phenoxy) is 3. The Balaban J connectivity index is 1.96. The van der Waals surface area contributed by atoms with Crippen molar-refractivity contribution in [3.63, 3.8) is 0 Å². The number of aliphatic hydroxyl groups excluding tert-OH is 1. The van der Waals surface area contributed by atoms with E-state index in [1.165, 1.54) is 26.4 Å².